The van der Waals surface area contributed by atoms with Crippen molar-refractivity contribution in [1.29, 1.82) is 0 Å². The molecule has 0 fully saturated rings. The van der Waals surface area contributed by atoms with Gasteiger partial charge in [0, 0.05) is 18.8 Å². The van der Waals surface area contributed by atoms with Crippen LogP contribution in [0.2, 0.25) is 0 Å². The first kappa shape index (κ1) is 16.2. The predicted octanol–water partition coefficient (Wildman–Crippen LogP) is 3.37. The molecule has 0 bridgehead atoms. The van der Waals surface area contributed by atoms with Gasteiger partial charge in [-0.25, -0.2) is 9.97 Å². The van der Waals surface area contributed by atoms with E-state index in [1.165, 1.54) is 11.1 Å². The van der Waals surface area contributed by atoms with Crippen molar-refractivity contribution < 1.29 is 4.74 Å². The fourth-order valence-corrected chi connectivity index (χ4v) is 3.23. The molecule has 1 aliphatic heterocycles. The van der Waals surface area contributed by atoms with Gasteiger partial charge in [-0.1, -0.05) is 24.3 Å². The summed E-state index contributed by atoms with van der Waals surface area (Å²) in [6.45, 7) is 1.69. The second kappa shape index (κ2) is 6.92. The monoisotopic (exact) mass is 347 g/mol. The first-order valence-corrected chi connectivity index (χ1v) is 8.58. The van der Waals surface area contributed by atoms with Gasteiger partial charge in [-0.15, -0.1) is 0 Å². The van der Waals surface area contributed by atoms with Crippen molar-refractivity contribution >= 4 is 23.0 Å². The van der Waals surface area contributed by atoms with Crippen LogP contribution in [0.3, 0.4) is 0 Å². The van der Waals surface area contributed by atoms with Gasteiger partial charge in [0.15, 0.2) is 11.6 Å². The number of hydrogen-bond donors (Lipinski definition) is 2. The van der Waals surface area contributed by atoms with Crippen LogP contribution in [0.25, 0.3) is 0 Å². The maximum atomic E-state index is 6.38. The number of nitrogen functional groups attached to an aromatic ring is 1. The van der Waals surface area contributed by atoms with E-state index in [2.05, 4.69) is 44.5 Å². The third-order valence-corrected chi connectivity index (χ3v) is 4.65. The zero-order valence-electron chi connectivity index (χ0n) is 14.6. The molecule has 26 heavy (non-hydrogen) atoms. The Balaban J connectivity index is 1.58. The summed E-state index contributed by atoms with van der Waals surface area (Å²) in [5.74, 6) is 2.18. The maximum Gasteiger partial charge on any atom is 0.159 e. The van der Waals surface area contributed by atoms with Crippen molar-refractivity contribution in [1.82, 2.24) is 9.97 Å². The van der Waals surface area contributed by atoms with Crippen LogP contribution in [0.15, 0.2) is 54.9 Å². The van der Waals surface area contributed by atoms with Crippen LogP contribution in [0, 0.1) is 0 Å². The molecule has 0 saturated carbocycles. The van der Waals surface area contributed by atoms with Gasteiger partial charge in [-0.3, -0.25) is 0 Å². The van der Waals surface area contributed by atoms with Gasteiger partial charge in [-0.2, -0.15) is 0 Å². The molecule has 1 aromatic heterocycles. The number of aromatic nitrogens is 2. The Bertz CT molecular complexity index is 910. The Morgan fingerprint density at radius 2 is 1.81 bits per heavy atom. The van der Waals surface area contributed by atoms with E-state index in [1.54, 1.807) is 13.4 Å². The molecular formula is C20H21N5O. The number of benzene rings is 2. The summed E-state index contributed by atoms with van der Waals surface area (Å²) in [4.78, 5) is 11.0. The number of ether oxygens (including phenoxy) is 1. The topological polar surface area (TPSA) is 76.3 Å². The van der Waals surface area contributed by atoms with Crippen LogP contribution in [0.1, 0.15) is 11.1 Å². The van der Waals surface area contributed by atoms with E-state index in [9.17, 15) is 0 Å². The van der Waals surface area contributed by atoms with Gasteiger partial charge in [0.05, 0.1) is 7.11 Å². The summed E-state index contributed by atoms with van der Waals surface area (Å²) >= 11 is 0. The lowest BCUT2D eigenvalue weighted by atomic mass is 10.00. The molecule has 0 amide bonds. The summed E-state index contributed by atoms with van der Waals surface area (Å²) in [5, 5.41) is 3.26. The average molecular weight is 347 g/mol. The quantitative estimate of drug-likeness (QED) is 0.753. The van der Waals surface area contributed by atoms with Crippen LogP contribution < -0.4 is 20.7 Å². The predicted molar refractivity (Wildman–Crippen MR) is 104 cm³/mol. The minimum Gasteiger partial charge on any atom is -0.497 e. The van der Waals surface area contributed by atoms with Crippen molar-refractivity contribution in [3.63, 3.8) is 0 Å². The molecule has 0 spiro atoms. The van der Waals surface area contributed by atoms with Crippen LogP contribution in [0.5, 0.6) is 5.75 Å². The number of nitrogens with two attached hydrogens (primary N) is 1. The number of fused-ring (bicyclic) bond motifs is 1. The Hall–Kier alpha value is -3.28. The highest BCUT2D eigenvalue weighted by atomic mass is 16.5. The summed E-state index contributed by atoms with van der Waals surface area (Å²) in [6, 6.07) is 16.1. The minimum absolute atomic E-state index is 0.558. The SMILES string of the molecule is COc1ccc(Nc2ncnc(N3CCc4ccccc4C3)c2N)cc1. The molecule has 0 atom stereocenters. The lowest BCUT2D eigenvalue weighted by Crippen LogP contribution is -2.31. The lowest BCUT2D eigenvalue weighted by molar-refractivity contribution is 0.415. The second-order valence-corrected chi connectivity index (χ2v) is 6.25. The summed E-state index contributed by atoms with van der Waals surface area (Å²) in [7, 11) is 1.65. The van der Waals surface area contributed by atoms with Gasteiger partial charge in [0.25, 0.3) is 0 Å². The van der Waals surface area contributed by atoms with Crippen molar-refractivity contribution in [3.05, 3.63) is 66.0 Å². The molecule has 6 nitrogen and oxygen atoms in total. The van der Waals surface area contributed by atoms with E-state index >= 15 is 0 Å². The van der Waals surface area contributed by atoms with Crippen molar-refractivity contribution in [3.8, 4) is 5.75 Å². The highest BCUT2D eigenvalue weighted by Crippen LogP contribution is 2.32. The molecule has 132 valence electrons. The molecule has 0 radical (unpaired) electrons. The summed E-state index contributed by atoms with van der Waals surface area (Å²) < 4.78 is 5.19. The van der Waals surface area contributed by atoms with E-state index in [4.69, 9.17) is 10.5 Å². The number of nitrogens with zero attached hydrogens (tertiary/aromatic N) is 3. The third kappa shape index (κ3) is 3.13. The molecule has 1 aliphatic rings. The summed E-state index contributed by atoms with van der Waals surface area (Å²) in [6.07, 6.45) is 2.54. The molecule has 3 aromatic rings. The normalized spacial score (nSPS) is 13.2. The average Bonchev–Trinajstić information content (AvgIpc) is 2.70. The number of methoxy groups -OCH3 is 1. The largest absolute Gasteiger partial charge is 0.497 e. The molecule has 2 heterocycles. The number of anilines is 4. The Morgan fingerprint density at radius 1 is 1.04 bits per heavy atom. The van der Waals surface area contributed by atoms with Gasteiger partial charge >= 0.3 is 0 Å². The van der Waals surface area contributed by atoms with Crippen molar-refractivity contribution in [2.24, 2.45) is 0 Å². The van der Waals surface area contributed by atoms with Gasteiger partial charge < -0.3 is 20.7 Å². The van der Waals surface area contributed by atoms with E-state index in [0.29, 0.717) is 11.5 Å². The first-order chi connectivity index (χ1) is 12.7. The number of hydrogen-bond acceptors (Lipinski definition) is 6. The number of nitrogens with one attached hydrogen (secondary N) is 1. The van der Waals surface area contributed by atoms with Crippen LogP contribution in [0.4, 0.5) is 23.0 Å². The van der Waals surface area contributed by atoms with Crippen molar-refractivity contribution in [2.75, 3.05) is 29.6 Å². The standard InChI is InChI=1S/C20H21N5O/c1-26-17-8-6-16(7-9-17)24-19-18(21)20(23-13-22-19)25-11-10-14-4-2-3-5-15(14)12-25/h2-9,13H,10-12,21H2,1H3,(H,22,23,24). The molecule has 0 unspecified atom stereocenters. The summed E-state index contributed by atoms with van der Waals surface area (Å²) in [5.41, 5.74) is 10.6. The Morgan fingerprint density at radius 3 is 2.58 bits per heavy atom. The molecule has 4 rings (SSSR count). The van der Waals surface area contributed by atoms with Gasteiger partial charge in [0.1, 0.15) is 17.8 Å². The fourth-order valence-electron chi connectivity index (χ4n) is 3.23. The minimum atomic E-state index is 0.558. The molecular weight excluding hydrogens is 326 g/mol. The van der Waals surface area contributed by atoms with Crippen LogP contribution in [-0.2, 0) is 13.0 Å². The highest BCUT2D eigenvalue weighted by Gasteiger charge is 2.20. The molecule has 2 aromatic carbocycles. The Labute approximate surface area is 152 Å². The van der Waals surface area contributed by atoms with Crippen molar-refractivity contribution in [2.45, 2.75) is 13.0 Å². The van der Waals surface area contributed by atoms with Crippen LogP contribution in [-0.4, -0.2) is 23.6 Å². The van der Waals surface area contributed by atoms with E-state index < -0.39 is 0 Å². The second-order valence-electron chi connectivity index (χ2n) is 6.25. The molecule has 0 aliphatic carbocycles. The first-order valence-electron chi connectivity index (χ1n) is 8.58. The maximum absolute atomic E-state index is 6.38. The van der Waals surface area contributed by atoms with Gasteiger partial charge in [0.2, 0.25) is 0 Å². The molecule has 3 N–H and O–H groups in total. The highest BCUT2D eigenvalue weighted by molar-refractivity contribution is 5.78. The molecule has 0 saturated heterocycles. The lowest BCUT2D eigenvalue weighted by Gasteiger charge is -2.30. The fraction of sp³-hybridized carbons (Fsp3) is 0.200. The molecule has 6 heteroatoms. The Kier molecular flexibility index (Phi) is 4.31. The van der Waals surface area contributed by atoms with E-state index in [-0.39, 0.29) is 0 Å². The zero-order chi connectivity index (χ0) is 17.9. The number of rotatable bonds is 4. The van der Waals surface area contributed by atoms with Gasteiger partial charge in [-0.05, 0) is 41.8 Å². The smallest absolute Gasteiger partial charge is 0.159 e. The van der Waals surface area contributed by atoms with Crippen LogP contribution >= 0.6 is 0 Å². The van der Waals surface area contributed by atoms with E-state index in [1.807, 2.05) is 24.3 Å². The third-order valence-electron chi connectivity index (χ3n) is 4.65. The van der Waals surface area contributed by atoms with E-state index in [0.717, 1.165) is 36.8 Å². The zero-order valence-corrected chi connectivity index (χ0v) is 14.6.